The Hall–Kier alpha value is -1.13. The minimum absolute atomic E-state index is 0.419. The van der Waals surface area contributed by atoms with Crippen molar-refractivity contribution in [3.63, 3.8) is 0 Å². The van der Waals surface area contributed by atoms with Crippen LogP contribution in [0.5, 0.6) is 0 Å². The highest BCUT2D eigenvalue weighted by molar-refractivity contribution is 6.30. The summed E-state index contributed by atoms with van der Waals surface area (Å²) in [5.41, 5.74) is 1.81. The van der Waals surface area contributed by atoms with Gasteiger partial charge in [0.2, 0.25) is 0 Å². The fourth-order valence-corrected chi connectivity index (χ4v) is 2.55. The Labute approximate surface area is 98.6 Å². The molecule has 2 aromatic heterocycles. The number of rotatable bonds is 1. The second-order valence-electron chi connectivity index (χ2n) is 4.12. The van der Waals surface area contributed by atoms with Gasteiger partial charge in [0.25, 0.3) is 0 Å². The average Bonchev–Trinajstić information content (AvgIpc) is 2.69. The van der Waals surface area contributed by atoms with Gasteiger partial charge in [-0.2, -0.15) is 5.10 Å². The summed E-state index contributed by atoms with van der Waals surface area (Å²) in [6.45, 7) is 2.06. The van der Waals surface area contributed by atoms with E-state index in [1.165, 1.54) is 6.42 Å². The molecule has 4 nitrogen and oxygen atoms in total. The first-order chi connectivity index (χ1) is 7.86. The van der Waals surface area contributed by atoms with E-state index < -0.39 is 0 Å². The van der Waals surface area contributed by atoms with Crippen LogP contribution in [0.4, 0.5) is 0 Å². The molecule has 1 aliphatic heterocycles. The number of nitrogens with zero attached hydrogens (tertiary/aromatic N) is 3. The van der Waals surface area contributed by atoms with Crippen LogP contribution < -0.4 is 5.32 Å². The van der Waals surface area contributed by atoms with E-state index in [0.717, 1.165) is 30.9 Å². The summed E-state index contributed by atoms with van der Waals surface area (Å²) in [4.78, 5) is 4.56. The van der Waals surface area contributed by atoms with E-state index in [1.54, 1.807) is 10.7 Å². The van der Waals surface area contributed by atoms with E-state index in [2.05, 4.69) is 15.4 Å². The summed E-state index contributed by atoms with van der Waals surface area (Å²) in [5.74, 6) is 0.419. The van der Waals surface area contributed by atoms with Crippen LogP contribution in [0, 0.1) is 0 Å². The Kier molecular flexibility index (Phi) is 2.53. The molecule has 1 N–H and O–H groups in total. The molecule has 0 aromatic carbocycles. The second-order valence-corrected chi connectivity index (χ2v) is 4.48. The minimum Gasteiger partial charge on any atom is -0.316 e. The molecular weight excluding hydrogens is 224 g/mol. The van der Waals surface area contributed by atoms with Crippen LogP contribution >= 0.6 is 11.6 Å². The third-order valence-corrected chi connectivity index (χ3v) is 3.40. The molecule has 3 heterocycles. The van der Waals surface area contributed by atoms with Crippen molar-refractivity contribution in [1.29, 1.82) is 0 Å². The van der Waals surface area contributed by atoms with Gasteiger partial charge >= 0.3 is 0 Å². The van der Waals surface area contributed by atoms with E-state index in [0.29, 0.717) is 11.1 Å². The summed E-state index contributed by atoms with van der Waals surface area (Å²) in [5, 5.41) is 8.23. The summed E-state index contributed by atoms with van der Waals surface area (Å²) >= 11 is 6.30. The molecule has 0 saturated carbocycles. The number of piperidine rings is 1. The number of hydrogen-bond donors (Lipinski definition) is 1. The predicted molar refractivity (Wildman–Crippen MR) is 62.8 cm³/mol. The van der Waals surface area contributed by atoms with Crippen molar-refractivity contribution in [3.05, 3.63) is 29.2 Å². The quantitative estimate of drug-likeness (QED) is 0.822. The first-order valence-corrected chi connectivity index (χ1v) is 5.94. The molecule has 2 aromatic rings. The Morgan fingerprint density at radius 2 is 2.44 bits per heavy atom. The van der Waals surface area contributed by atoms with Crippen molar-refractivity contribution < 1.29 is 0 Å². The van der Waals surface area contributed by atoms with Gasteiger partial charge < -0.3 is 5.32 Å². The minimum atomic E-state index is 0.419. The van der Waals surface area contributed by atoms with Crippen LogP contribution in [0.25, 0.3) is 5.65 Å². The lowest BCUT2D eigenvalue weighted by Gasteiger charge is -2.21. The highest BCUT2D eigenvalue weighted by Gasteiger charge is 2.22. The fourth-order valence-electron chi connectivity index (χ4n) is 2.22. The van der Waals surface area contributed by atoms with Gasteiger partial charge in [-0.1, -0.05) is 11.6 Å². The molecule has 0 bridgehead atoms. The lowest BCUT2D eigenvalue weighted by Crippen LogP contribution is -2.28. The predicted octanol–water partition coefficient (Wildman–Crippen LogP) is 1.85. The highest BCUT2D eigenvalue weighted by Crippen LogP contribution is 2.28. The number of hydrogen-bond acceptors (Lipinski definition) is 3. The molecule has 0 spiro atoms. The van der Waals surface area contributed by atoms with Gasteiger partial charge in [0.1, 0.15) is 0 Å². The number of halogens is 1. The van der Waals surface area contributed by atoms with E-state index in [-0.39, 0.29) is 0 Å². The fraction of sp³-hybridized carbons (Fsp3) is 0.455. The second kappa shape index (κ2) is 4.03. The van der Waals surface area contributed by atoms with Crippen molar-refractivity contribution in [2.75, 3.05) is 13.1 Å². The van der Waals surface area contributed by atoms with Crippen LogP contribution in [0.15, 0.2) is 18.3 Å². The first-order valence-electron chi connectivity index (χ1n) is 5.56. The molecule has 1 atom stereocenters. The van der Waals surface area contributed by atoms with E-state index in [9.17, 15) is 0 Å². The molecule has 3 rings (SSSR count). The Bertz CT molecular complexity index is 502. The summed E-state index contributed by atoms with van der Waals surface area (Å²) in [6.07, 6.45) is 4.06. The highest BCUT2D eigenvalue weighted by atomic mass is 35.5. The van der Waals surface area contributed by atoms with Gasteiger partial charge in [-0.05, 0) is 31.5 Å². The number of nitrogens with one attached hydrogen (secondary N) is 1. The van der Waals surface area contributed by atoms with E-state index in [4.69, 9.17) is 11.6 Å². The number of aromatic nitrogens is 3. The standard InChI is InChI=1S/C11H13ClN4/c12-11-10(8-3-1-5-13-7-8)15-9-4-2-6-14-16(9)11/h2,4,6,8,13H,1,3,5,7H2. The molecule has 0 radical (unpaired) electrons. The zero-order chi connectivity index (χ0) is 11.0. The van der Waals surface area contributed by atoms with Crippen LogP contribution in [-0.4, -0.2) is 27.7 Å². The maximum atomic E-state index is 6.30. The van der Waals surface area contributed by atoms with Gasteiger partial charge in [0, 0.05) is 18.7 Å². The van der Waals surface area contributed by atoms with Crippen molar-refractivity contribution in [2.45, 2.75) is 18.8 Å². The van der Waals surface area contributed by atoms with Gasteiger partial charge in [-0.15, -0.1) is 0 Å². The number of fused-ring (bicyclic) bond motifs is 1. The zero-order valence-corrected chi connectivity index (χ0v) is 9.61. The molecule has 1 aliphatic rings. The molecule has 0 amide bonds. The molecule has 5 heteroatoms. The third kappa shape index (κ3) is 1.58. The Morgan fingerprint density at radius 3 is 3.19 bits per heavy atom. The summed E-state index contributed by atoms with van der Waals surface area (Å²) < 4.78 is 1.70. The van der Waals surface area contributed by atoms with E-state index >= 15 is 0 Å². The maximum Gasteiger partial charge on any atom is 0.155 e. The first kappa shape index (κ1) is 10.1. The Morgan fingerprint density at radius 1 is 1.50 bits per heavy atom. The smallest absolute Gasteiger partial charge is 0.155 e. The van der Waals surface area contributed by atoms with Crippen molar-refractivity contribution in [2.24, 2.45) is 0 Å². The molecule has 1 unspecified atom stereocenters. The topological polar surface area (TPSA) is 42.2 Å². The molecular formula is C11H13ClN4. The molecule has 16 heavy (non-hydrogen) atoms. The normalized spacial score (nSPS) is 21.4. The maximum absolute atomic E-state index is 6.30. The molecule has 1 fully saturated rings. The summed E-state index contributed by atoms with van der Waals surface area (Å²) in [7, 11) is 0. The summed E-state index contributed by atoms with van der Waals surface area (Å²) in [6, 6.07) is 3.81. The Balaban J connectivity index is 2.05. The van der Waals surface area contributed by atoms with E-state index in [1.807, 2.05) is 12.1 Å². The van der Waals surface area contributed by atoms with Crippen molar-refractivity contribution in [3.8, 4) is 0 Å². The lowest BCUT2D eigenvalue weighted by molar-refractivity contribution is 0.456. The molecule has 1 saturated heterocycles. The van der Waals surface area contributed by atoms with Crippen LogP contribution in [0.2, 0.25) is 5.15 Å². The van der Waals surface area contributed by atoms with Crippen LogP contribution in [-0.2, 0) is 0 Å². The van der Waals surface area contributed by atoms with Crippen LogP contribution in [0.3, 0.4) is 0 Å². The largest absolute Gasteiger partial charge is 0.316 e. The van der Waals surface area contributed by atoms with Gasteiger partial charge in [0.15, 0.2) is 10.8 Å². The monoisotopic (exact) mass is 236 g/mol. The average molecular weight is 237 g/mol. The van der Waals surface area contributed by atoms with Gasteiger partial charge in [-0.3, -0.25) is 0 Å². The third-order valence-electron chi connectivity index (χ3n) is 3.05. The van der Waals surface area contributed by atoms with Crippen molar-refractivity contribution >= 4 is 17.2 Å². The van der Waals surface area contributed by atoms with Gasteiger partial charge in [0.05, 0.1) is 5.69 Å². The molecule has 84 valence electrons. The van der Waals surface area contributed by atoms with Crippen LogP contribution in [0.1, 0.15) is 24.5 Å². The lowest BCUT2D eigenvalue weighted by atomic mass is 9.97. The number of imidazole rings is 1. The zero-order valence-electron chi connectivity index (χ0n) is 8.86. The van der Waals surface area contributed by atoms with Gasteiger partial charge in [-0.25, -0.2) is 9.50 Å². The SMILES string of the molecule is Clc1c(C2CCCNC2)nc2cccnn12. The molecule has 0 aliphatic carbocycles. The van der Waals surface area contributed by atoms with Crippen molar-refractivity contribution in [1.82, 2.24) is 19.9 Å².